The fourth-order valence-electron chi connectivity index (χ4n) is 3.98. The first-order valence-corrected chi connectivity index (χ1v) is 11.2. The predicted molar refractivity (Wildman–Crippen MR) is 130 cm³/mol. The van der Waals surface area contributed by atoms with Gasteiger partial charge in [0.25, 0.3) is 5.56 Å². The lowest BCUT2D eigenvalue weighted by Gasteiger charge is -2.02. The molecule has 3 heterocycles. The van der Waals surface area contributed by atoms with Crippen molar-refractivity contribution in [2.45, 2.75) is 20.3 Å². The van der Waals surface area contributed by atoms with Crippen molar-refractivity contribution in [2.24, 2.45) is 4.99 Å². The number of rotatable bonds is 6. The highest BCUT2D eigenvalue weighted by Gasteiger charge is 2.17. The highest BCUT2D eigenvalue weighted by atomic mass is 32.1. The van der Waals surface area contributed by atoms with Crippen LogP contribution in [0.25, 0.3) is 26.3 Å². The van der Waals surface area contributed by atoms with Crippen molar-refractivity contribution in [1.82, 2.24) is 19.7 Å². The van der Waals surface area contributed by atoms with Crippen LogP contribution in [-0.2, 0) is 6.42 Å². The molecule has 0 fully saturated rings. The first-order chi connectivity index (χ1) is 15.5. The minimum absolute atomic E-state index is 0.125. The van der Waals surface area contributed by atoms with E-state index < -0.39 is 0 Å². The first kappa shape index (κ1) is 20.3. The average Bonchev–Trinajstić information content (AvgIpc) is 3.48. The molecule has 0 aliphatic rings. The Morgan fingerprint density at radius 2 is 2.09 bits per heavy atom. The SMILES string of the molecule is COc1ccc2[nH]cc(CCN=C(C)c3c(C)[nH]n(-c4nc5ccccc5s4)c3=O)c2c1. The Balaban J connectivity index is 1.40. The van der Waals surface area contributed by atoms with Crippen molar-refractivity contribution in [1.29, 1.82) is 0 Å². The van der Waals surface area contributed by atoms with Crippen molar-refractivity contribution in [2.75, 3.05) is 13.7 Å². The number of thiazole rings is 1. The Bertz CT molecular complexity index is 1490. The second-order valence-electron chi connectivity index (χ2n) is 7.66. The number of benzene rings is 2. The Morgan fingerprint density at radius 1 is 1.25 bits per heavy atom. The molecule has 5 aromatic rings. The number of methoxy groups -OCH3 is 1. The normalized spacial score (nSPS) is 12.2. The summed E-state index contributed by atoms with van der Waals surface area (Å²) in [6.45, 7) is 4.37. The van der Waals surface area contributed by atoms with Crippen molar-refractivity contribution in [3.63, 3.8) is 0 Å². The van der Waals surface area contributed by atoms with Gasteiger partial charge in [0.1, 0.15) is 5.75 Å². The maximum Gasteiger partial charge on any atom is 0.282 e. The number of hydrogen-bond donors (Lipinski definition) is 2. The Labute approximate surface area is 188 Å². The van der Waals surface area contributed by atoms with E-state index in [4.69, 9.17) is 9.73 Å². The van der Waals surface area contributed by atoms with E-state index in [0.29, 0.717) is 17.2 Å². The summed E-state index contributed by atoms with van der Waals surface area (Å²) < 4.78 is 7.90. The summed E-state index contributed by atoms with van der Waals surface area (Å²) in [6, 6.07) is 13.9. The largest absolute Gasteiger partial charge is 0.497 e. The van der Waals surface area contributed by atoms with Crippen LogP contribution in [0.4, 0.5) is 0 Å². The quantitative estimate of drug-likeness (QED) is 0.374. The van der Waals surface area contributed by atoms with E-state index in [1.54, 1.807) is 7.11 Å². The van der Waals surface area contributed by atoms with Gasteiger partial charge in [0, 0.05) is 35.1 Å². The van der Waals surface area contributed by atoms with Crippen LogP contribution in [0.2, 0.25) is 0 Å². The number of H-pyrrole nitrogens is 2. The van der Waals surface area contributed by atoms with Crippen molar-refractivity contribution >= 4 is 38.2 Å². The summed E-state index contributed by atoms with van der Waals surface area (Å²) in [4.78, 5) is 25.7. The number of aromatic nitrogens is 4. The summed E-state index contributed by atoms with van der Waals surface area (Å²) in [5.41, 5.74) is 5.11. The second-order valence-corrected chi connectivity index (χ2v) is 8.67. The number of nitrogens with one attached hydrogen (secondary N) is 2. The molecule has 0 saturated heterocycles. The van der Waals surface area contributed by atoms with Gasteiger partial charge in [0.15, 0.2) is 0 Å². The number of nitrogens with zero attached hydrogens (tertiary/aromatic N) is 3. The smallest absolute Gasteiger partial charge is 0.282 e. The van der Waals surface area contributed by atoms with Gasteiger partial charge in [-0.2, -0.15) is 4.68 Å². The summed E-state index contributed by atoms with van der Waals surface area (Å²) >= 11 is 1.49. The summed E-state index contributed by atoms with van der Waals surface area (Å²) in [7, 11) is 1.67. The summed E-state index contributed by atoms with van der Waals surface area (Å²) in [6.07, 6.45) is 2.77. The van der Waals surface area contributed by atoms with E-state index in [1.165, 1.54) is 21.6 Å². The predicted octanol–water partition coefficient (Wildman–Crippen LogP) is 4.63. The lowest BCUT2D eigenvalue weighted by Crippen LogP contribution is -2.19. The van der Waals surface area contributed by atoms with Crippen LogP contribution >= 0.6 is 11.3 Å². The molecular weight excluding hydrogens is 422 g/mol. The standard InChI is InChI=1S/C24H23N5O2S/c1-14(25-11-10-16-13-26-19-9-8-17(31-3)12-18(16)19)22-15(2)28-29(23(22)30)24-27-20-6-4-5-7-21(20)32-24/h4-9,12-13,26,28H,10-11H2,1-3H3. The second kappa shape index (κ2) is 8.12. The van der Waals surface area contributed by atoms with Gasteiger partial charge in [-0.1, -0.05) is 23.5 Å². The third-order valence-corrected chi connectivity index (χ3v) is 6.63. The zero-order chi connectivity index (χ0) is 22.2. The van der Waals surface area contributed by atoms with Gasteiger partial charge in [-0.15, -0.1) is 0 Å². The lowest BCUT2D eigenvalue weighted by molar-refractivity contribution is 0.415. The summed E-state index contributed by atoms with van der Waals surface area (Å²) in [5, 5.41) is 4.93. The number of fused-ring (bicyclic) bond motifs is 2. The molecule has 32 heavy (non-hydrogen) atoms. The number of ether oxygens (including phenoxy) is 1. The monoisotopic (exact) mass is 445 g/mol. The van der Waals surface area contributed by atoms with E-state index in [9.17, 15) is 4.79 Å². The molecule has 0 bridgehead atoms. The minimum Gasteiger partial charge on any atom is -0.497 e. The highest BCUT2D eigenvalue weighted by molar-refractivity contribution is 7.20. The number of aliphatic imine (C=N–C) groups is 1. The maximum atomic E-state index is 13.1. The van der Waals surface area contributed by atoms with Crippen LogP contribution < -0.4 is 10.3 Å². The van der Waals surface area contributed by atoms with Crippen LogP contribution in [0, 0.1) is 6.92 Å². The van der Waals surface area contributed by atoms with Crippen LogP contribution in [-0.4, -0.2) is 39.1 Å². The van der Waals surface area contributed by atoms with Gasteiger partial charge in [-0.05, 0) is 56.2 Å². The molecule has 7 nitrogen and oxygen atoms in total. The van der Waals surface area contributed by atoms with E-state index in [0.717, 1.165) is 44.7 Å². The molecule has 0 unspecified atom stereocenters. The van der Waals surface area contributed by atoms with E-state index in [-0.39, 0.29) is 5.56 Å². The van der Waals surface area contributed by atoms with Crippen LogP contribution in [0.1, 0.15) is 23.7 Å². The third-order valence-electron chi connectivity index (χ3n) is 5.61. The molecule has 0 aliphatic carbocycles. The molecule has 2 aromatic carbocycles. The van der Waals surface area contributed by atoms with Crippen LogP contribution in [0.5, 0.6) is 5.75 Å². The molecule has 8 heteroatoms. The van der Waals surface area contributed by atoms with E-state index in [2.05, 4.69) is 15.1 Å². The molecule has 0 atom stereocenters. The van der Waals surface area contributed by atoms with Gasteiger partial charge in [-0.25, -0.2) is 4.98 Å². The molecule has 162 valence electrons. The molecular formula is C24H23N5O2S. The molecule has 0 amide bonds. The van der Waals surface area contributed by atoms with Gasteiger partial charge in [-0.3, -0.25) is 14.9 Å². The fraction of sp³-hybridized carbons (Fsp3) is 0.208. The topological polar surface area (TPSA) is 88.1 Å². The Kier molecular flexibility index (Phi) is 5.14. The Hall–Kier alpha value is -3.65. The van der Waals surface area contributed by atoms with Crippen molar-refractivity contribution < 1.29 is 4.74 Å². The molecule has 5 rings (SSSR count). The van der Waals surface area contributed by atoms with Crippen LogP contribution in [0.15, 0.2) is 58.4 Å². The van der Waals surface area contributed by atoms with Gasteiger partial charge >= 0.3 is 0 Å². The fourth-order valence-corrected chi connectivity index (χ4v) is 4.90. The molecule has 2 N–H and O–H groups in total. The number of aryl methyl sites for hydroxylation is 1. The van der Waals surface area contributed by atoms with Crippen molar-refractivity contribution in [3.05, 3.63) is 75.8 Å². The molecule has 3 aromatic heterocycles. The third kappa shape index (κ3) is 3.52. The molecule has 0 saturated carbocycles. The van der Waals surface area contributed by atoms with E-state index >= 15 is 0 Å². The zero-order valence-corrected chi connectivity index (χ0v) is 18.9. The minimum atomic E-state index is -0.125. The summed E-state index contributed by atoms with van der Waals surface area (Å²) in [5.74, 6) is 0.830. The lowest BCUT2D eigenvalue weighted by atomic mass is 10.1. The first-order valence-electron chi connectivity index (χ1n) is 10.4. The zero-order valence-electron chi connectivity index (χ0n) is 18.1. The maximum absolute atomic E-state index is 13.1. The number of aromatic amines is 2. The number of hydrogen-bond acceptors (Lipinski definition) is 5. The van der Waals surface area contributed by atoms with Gasteiger partial charge < -0.3 is 9.72 Å². The van der Waals surface area contributed by atoms with Gasteiger partial charge in [0.2, 0.25) is 5.13 Å². The number of para-hydroxylation sites is 1. The van der Waals surface area contributed by atoms with E-state index in [1.807, 2.05) is 62.5 Å². The molecule has 0 aliphatic heterocycles. The van der Waals surface area contributed by atoms with Crippen LogP contribution in [0.3, 0.4) is 0 Å². The highest BCUT2D eigenvalue weighted by Crippen LogP contribution is 2.25. The van der Waals surface area contributed by atoms with Crippen molar-refractivity contribution in [3.8, 4) is 10.9 Å². The average molecular weight is 446 g/mol. The van der Waals surface area contributed by atoms with Gasteiger partial charge in [0.05, 0.1) is 22.9 Å². The Morgan fingerprint density at radius 3 is 2.91 bits per heavy atom. The molecule has 0 spiro atoms. The molecule has 0 radical (unpaired) electrons.